The van der Waals surface area contributed by atoms with Crippen LogP contribution in [-0.2, 0) is 0 Å². The number of benzene rings is 1. The van der Waals surface area contributed by atoms with Crippen molar-refractivity contribution in [3.05, 3.63) is 82.4 Å². The standard InChI is InChI=1S/C17H15ClN4O/c1-11-14(10-20-22-11)17(23)21-16(15-7-2-3-8-19-15)12-5-4-6-13(18)9-12/h2-10,16H,1H3,(H,20,22)(H,21,23)/t16-/m0/s1. The third-order valence-corrected chi connectivity index (χ3v) is 3.75. The molecule has 0 aliphatic heterocycles. The molecule has 0 bridgehead atoms. The molecule has 0 aliphatic rings. The maximum atomic E-state index is 12.5. The average molecular weight is 327 g/mol. The SMILES string of the molecule is Cc1[nH]ncc1C(=O)N[C@@H](c1cccc(Cl)c1)c1ccccn1. The molecular formula is C17H15ClN4O. The number of aromatic amines is 1. The number of rotatable bonds is 4. The van der Waals surface area contributed by atoms with Crippen molar-refractivity contribution in [2.45, 2.75) is 13.0 Å². The Bertz CT molecular complexity index is 816. The van der Waals surface area contributed by atoms with Gasteiger partial charge in [-0.15, -0.1) is 0 Å². The quantitative estimate of drug-likeness (QED) is 0.773. The third-order valence-electron chi connectivity index (χ3n) is 3.52. The van der Waals surface area contributed by atoms with Gasteiger partial charge in [-0.25, -0.2) is 0 Å². The van der Waals surface area contributed by atoms with Crippen molar-refractivity contribution in [3.8, 4) is 0 Å². The lowest BCUT2D eigenvalue weighted by molar-refractivity contribution is 0.0941. The Morgan fingerprint density at radius 2 is 2.13 bits per heavy atom. The van der Waals surface area contributed by atoms with Gasteiger partial charge in [0.1, 0.15) is 0 Å². The van der Waals surface area contributed by atoms with E-state index < -0.39 is 6.04 Å². The van der Waals surface area contributed by atoms with Gasteiger partial charge in [0.25, 0.3) is 5.91 Å². The van der Waals surface area contributed by atoms with E-state index in [0.29, 0.717) is 16.3 Å². The molecule has 0 saturated carbocycles. The number of pyridine rings is 1. The normalized spacial score (nSPS) is 11.9. The van der Waals surface area contributed by atoms with E-state index in [9.17, 15) is 4.79 Å². The lowest BCUT2D eigenvalue weighted by Gasteiger charge is -2.19. The number of aryl methyl sites for hydroxylation is 1. The highest BCUT2D eigenvalue weighted by Gasteiger charge is 2.20. The van der Waals surface area contributed by atoms with Crippen molar-refractivity contribution in [1.82, 2.24) is 20.5 Å². The van der Waals surface area contributed by atoms with Crippen LogP contribution >= 0.6 is 11.6 Å². The van der Waals surface area contributed by atoms with Gasteiger partial charge < -0.3 is 5.32 Å². The molecule has 0 radical (unpaired) electrons. The second-order valence-electron chi connectivity index (χ2n) is 5.12. The van der Waals surface area contributed by atoms with E-state index in [2.05, 4.69) is 20.5 Å². The molecule has 0 saturated heterocycles. The van der Waals surface area contributed by atoms with Crippen molar-refractivity contribution in [2.75, 3.05) is 0 Å². The van der Waals surface area contributed by atoms with Crippen molar-refractivity contribution in [1.29, 1.82) is 0 Å². The monoisotopic (exact) mass is 326 g/mol. The second-order valence-corrected chi connectivity index (χ2v) is 5.56. The first-order valence-corrected chi connectivity index (χ1v) is 7.50. The number of hydrogen-bond acceptors (Lipinski definition) is 3. The van der Waals surface area contributed by atoms with Crippen molar-refractivity contribution in [2.24, 2.45) is 0 Å². The van der Waals surface area contributed by atoms with Gasteiger partial charge in [0.05, 0.1) is 23.5 Å². The lowest BCUT2D eigenvalue weighted by Crippen LogP contribution is -2.30. The summed E-state index contributed by atoms with van der Waals surface area (Å²) in [6, 6.07) is 12.6. The lowest BCUT2D eigenvalue weighted by atomic mass is 10.0. The summed E-state index contributed by atoms with van der Waals surface area (Å²) in [4.78, 5) is 16.9. The Labute approximate surface area is 138 Å². The predicted molar refractivity (Wildman–Crippen MR) is 88.3 cm³/mol. The first-order valence-electron chi connectivity index (χ1n) is 7.12. The summed E-state index contributed by atoms with van der Waals surface area (Å²) in [5.41, 5.74) is 2.83. The highest BCUT2D eigenvalue weighted by atomic mass is 35.5. The van der Waals surface area contributed by atoms with E-state index in [1.807, 2.05) is 36.4 Å². The first-order chi connectivity index (χ1) is 11.1. The number of nitrogens with one attached hydrogen (secondary N) is 2. The molecule has 1 atom stereocenters. The average Bonchev–Trinajstić information content (AvgIpc) is 2.99. The van der Waals surface area contributed by atoms with Gasteiger partial charge in [-0.3, -0.25) is 14.9 Å². The molecule has 2 N–H and O–H groups in total. The molecule has 1 amide bonds. The maximum Gasteiger partial charge on any atom is 0.255 e. The molecule has 1 aromatic carbocycles. The molecular weight excluding hydrogens is 312 g/mol. The van der Waals surface area contributed by atoms with Gasteiger partial charge >= 0.3 is 0 Å². The van der Waals surface area contributed by atoms with Gasteiger partial charge in [-0.05, 0) is 36.8 Å². The van der Waals surface area contributed by atoms with Crippen LogP contribution in [0.1, 0.15) is 33.4 Å². The van der Waals surface area contributed by atoms with Crippen LogP contribution in [0.25, 0.3) is 0 Å². The van der Waals surface area contributed by atoms with Gasteiger partial charge in [0.2, 0.25) is 0 Å². The van der Waals surface area contributed by atoms with E-state index in [1.165, 1.54) is 6.20 Å². The number of H-pyrrole nitrogens is 1. The van der Waals surface area contributed by atoms with Crippen molar-refractivity contribution >= 4 is 17.5 Å². The van der Waals surface area contributed by atoms with E-state index in [0.717, 1.165) is 11.3 Å². The fraction of sp³-hybridized carbons (Fsp3) is 0.118. The molecule has 3 aromatic rings. The van der Waals surface area contributed by atoms with Crippen molar-refractivity contribution in [3.63, 3.8) is 0 Å². The summed E-state index contributed by atoms with van der Waals surface area (Å²) >= 11 is 6.09. The van der Waals surface area contributed by atoms with E-state index in [4.69, 9.17) is 11.6 Å². The summed E-state index contributed by atoms with van der Waals surface area (Å²) in [7, 11) is 0. The van der Waals surface area contributed by atoms with Crippen LogP contribution in [0, 0.1) is 6.92 Å². The first kappa shape index (κ1) is 15.2. The fourth-order valence-electron chi connectivity index (χ4n) is 2.35. The van der Waals surface area contributed by atoms with Crippen molar-refractivity contribution < 1.29 is 4.79 Å². The molecule has 3 rings (SSSR count). The van der Waals surface area contributed by atoms with Crippen LogP contribution in [0.5, 0.6) is 0 Å². The summed E-state index contributed by atoms with van der Waals surface area (Å²) in [5, 5.41) is 10.3. The summed E-state index contributed by atoms with van der Waals surface area (Å²) < 4.78 is 0. The van der Waals surface area contributed by atoms with Crippen LogP contribution in [-0.4, -0.2) is 21.1 Å². The Balaban J connectivity index is 1.96. The topological polar surface area (TPSA) is 70.7 Å². The number of amides is 1. The summed E-state index contributed by atoms with van der Waals surface area (Å²) in [6.07, 6.45) is 3.21. The smallest absolute Gasteiger partial charge is 0.255 e. The number of aromatic nitrogens is 3. The predicted octanol–water partition coefficient (Wildman–Crippen LogP) is 3.29. The molecule has 116 valence electrons. The Morgan fingerprint density at radius 1 is 1.26 bits per heavy atom. The summed E-state index contributed by atoms with van der Waals surface area (Å²) in [6.45, 7) is 1.80. The van der Waals surface area contributed by atoms with Crippen LogP contribution < -0.4 is 5.32 Å². The molecule has 2 heterocycles. The zero-order valence-corrected chi connectivity index (χ0v) is 13.2. The Morgan fingerprint density at radius 3 is 2.78 bits per heavy atom. The minimum Gasteiger partial charge on any atom is -0.339 e. The molecule has 0 unspecified atom stereocenters. The second kappa shape index (κ2) is 6.62. The van der Waals surface area contributed by atoms with E-state index >= 15 is 0 Å². The summed E-state index contributed by atoms with van der Waals surface area (Å²) in [5.74, 6) is -0.216. The molecule has 23 heavy (non-hydrogen) atoms. The largest absolute Gasteiger partial charge is 0.339 e. The van der Waals surface area contributed by atoms with Gasteiger partial charge in [0, 0.05) is 16.9 Å². The third kappa shape index (κ3) is 3.40. The van der Waals surface area contributed by atoms with Gasteiger partial charge in [0.15, 0.2) is 0 Å². The van der Waals surface area contributed by atoms with Gasteiger partial charge in [-0.2, -0.15) is 5.10 Å². The van der Waals surface area contributed by atoms with Crippen LogP contribution in [0.3, 0.4) is 0 Å². The number of halogens is 1. The molecule has 5 nitrogen and oxygen atoms in total. The highest BCUT2D eigenvalue weighted by molar-refractivity contribution is 6.30. The van der Waals surface area contributed by atoms with Crippen LogP contribution in [0.2, 0.25) is 5.02 Å². The minimum atomic E-state index is -0.392. The minimum absolute atomic E-state index is 0.216. The zero-order valence-electron chi connectivity index (χ0n) is 12.5. The number of hydrogen-bond donors (Lipinski definition) is 2. The molecule has 6 heteroatoms. The zero-order chi connectivity index (χ0) is 16.2. The number of nitrogens with zero attached hydrogens (tertiary/aromatic N) is 2. The van der Waals surface area contributed by atoms with E-state index in [1.54, 1.807) is 19.2 Å². The maximum absolute atomic E-state index is 12.5. The highest BCUT2D eigenvalue weighted by Crippen LogP contribution is 2.23. The van der Waals surface area contributed by atoms with Crippen LogP contribution in [0.15, 0.2) is 54.9 Å². The number of carbonyl (C=O) groups excluding carboxylic acids is 1. The Kier molecular flexibility index (Phi) is 4.39. The molecule has 0 aliphatic carbocycles. The Hall–Kier alpha value is -2.66. The molecule has 0 fully saturated rings. The fourth-order valence-corrected chi connectivity index (χ4v) is 2.55. The van der Waals surface area contributed by atoms with Crippen LogP contribution in [0.4, 0.5) is 0 Å². The molecule has 2 aromatic heterocycles. The molecule has 0 spiro atoms. The van der Waals surface area contributed by atoms with Gasteiger partial charge in [-0.1, -0.05) is 29.8 Å². The number of carbonyl (C=O) groups is 1. The van der Waals surface area contributed by atoms with E-state index in [-0.39, 0.29) is 5.91 Å².